The first-order valence-electron chi connectivity index (χ1n) is 26.0. The summed E-state index contributed by atoms with van der Waals surface area (Å²) in [5.74, 6) is -0.282. The maximum Gasteiger partial charge on any atom is 0.222 e. The molecule has 0 heterocycles. The fourth-order valence-corrected chi connectivity index (χ4v) is 8.34. The molecule has 5 heteroatoms. The third-order valence-electron chi connectivity index (χ3n) is 12.3. The van der Waals surface area contributed by atoms with Gasteiger partial charge in [0.05, 0.1) is 31.3 Å². The van der Waals surface area contributed by atoms with Crippen molar-refractivity contribution in [3.63, 3.8) is 0 Å². The van der Waals surface area contributed by atoms with Gasteiger partial charge in [0.15, 0.2) is 0 Å². The molecule has 0 saturated carbocycles. The Kier molecular flexibility index (Phi) is 47.0. The molecule has 3 unspecified atom stereocenters. The summed E-state index contributed by atoms with van der Waals surface area (Å²) in [5, 5.41) is 33.6. The minimum absolute atomic E-state index is 0.0358. The Labute approximate surface area is 357 Å². The number of amides is 1. The van der Waals surface area contributed by atoms with Crippen LogP contribution in [0.1, 0.15) is 290 Å². The summed E-state index contributed by atoms with van der Waals surface area (Å²) < 4.78 is 0. The summed E-state index contributed by atoms with van der Waals surface area (Å²) in [5.41, 5.74) is 0. The molecule has 0 aliphatic carbocycles. The predicted molar refractivity (Wildman–Crippen MR) is 250 cm³/mol. The second-order valence-electron chi connectivity index (χ2n) is 18.1. The highest BCUT2D eigenvalue weighted by Crippen LogP contribution is 2.17. The number of carbonyl (C=O) groups excluding carboxylic acids is 1. The van der Waals surface area contributed by atoms with Crippen LogP contribution in [0.4, 0.5) is 0 Å². The van der Waals surface area contributed by atoms with E-state index >= 15 is 0 Å². The van der Waals surface area contributed by atoms with Gasteiger partial charge in [0.1, 0.15) is 0 Å². The molecule has 0 spiro atoms. The van der Waals surface area contributed by atoms with Gasteiger partial charge in [0, 0.05) is 0 Å². The Morgan fingerprint density at radius 3 is 1.02 bits per heavy atom. The van der Waals surface area contributed by atoms with E-state index in [9.17, 15) is 20.1 Å². The van der Waals surface area contributed by atoms with Crippen molar-refractivity contribution < 1.29 is 20.1 Å². The summed E-state index contributed by atoms with van der Waals surface area (Å²) in [6.45, 7) is 4.29. The maximum atomic E-state index is 12.5. The highest BCUT2D eigenvalue weighted by atomic mass is 16.3. The quantitative estimate of drug-likeness (QED) is 0.0364. The highest BCUT2D eigenvalue weighted by Gasteiger charge is 2.21. The van der Waals surface area contributed by atoms with Crippen LogP contribution in [-0.4, -0.2) is 46.1 Å². The van der Waals surface area contributed by atoms with E-state index in [0.29, 0.717) is 12.8 Å². The molecule has 0 radical (unpaired) electrons. The number of allylic oxidation sites excluding steroid dienone is 2. The van der Waals surface area contributed by atoms with Crippen molar-refractivity contribution in [3.8, 4) is 0 Å². The van der Waals surface area contributed by atoms with E-state index in [4.69, 9.17) is 0 Å². The largest absolute Gasteiger partial charge is 0.394 e. The Morgan fingerprint density at radius 2 is 0.702 bits per heavy atom. The Balaban J connectivity index is 3.55. The van der Waals surface area contributed by atoms with Gasteiger partial charge in [0.25, 0.3) is 0 Å². The van der Waals surface area contributed by atoms with Gasteiger partial charge in [-0.05, 0) is 38.5 Å². The van der Waals surface area contributed by atoms with Gasteiger partial charge < -0.3 is 20.6 Å². The van der Waals surface area contributed by atoms with Crippen LogP contribution in [0.2, 0.25) is 0 Å². The van der Waals surface area contributed by atoms with E-state index in [1.165, 1.54) is 231 Å². The fourth-order valence-electron chi connectivity index (χ4n) is 8.34. The van der Waals surface area contributed by atoms with Crippen LogP contribution in [0.25, 0.3) is 0 Å². The number of unbranched alkanes of at least 4 members (excludes halogenated alkanes) is 37. The third kappa shape index (κ3) is 44.5. The average molecular weight is 806 g/mol. The monoisotopic (exact) mass is 806 g/mol. The van der Waals surface area contributed by atoms with Gasteiger partial charge in [0.2, 0.25) is 5.91 Å². The van der Waals surface area contributed by atoms with E-state index in [1.807, 2.05) is 0 Å². The topological polar surface area (TPSA) is 89.8 Å². The fraction of sp³-hybridized carbons (Fsp3) is 0.942. The third-order valence-corrected chi connectivity index (χ3v) is 12.3. The Bertz CT molecular complexity index is 803. The molecule has 5 nitrogen and oxygen atoms in total. The first-order valence-corrected chi connectivity index (χ1v) is 26.0. The van der Waals surface area contributed by atoms with Gasteiger partial charge in [-0.25, -0.2) is 0 Å². The molecule has 4 N–H and O–H groups in total. The molecule has 0 aliphatic heterocycles. The Morgan fingerprint density at radius 1 is 0.421 bits per heavy atom. The standard InChI is InChI=1S/C52H103NO4/c1-3-5-7-9-11-13-15-17-19-21-23-25-26-27-29-31-33-35-37-39-41-43-45-49(55)47-52(57)53-50(48-54)51(56)46-44-42-40-38-36-34-32-30-28-24-22-20-18-16-14-12-10-8-6-4-2/h27,29,49-51,54-56H,3-26,28,30-48H2,1-2H3,(H,53,57)/b29-27-. The summed E-state index contributed by atoms with van der Waals surface area (Å²) in [6.07, 6.45) is 57.7. The molecule has 0 rings (SSSR count). The molecule has 3 atom stereocenters. The zero-order valence-electron chi connectivity index (χ0n) is 38.7. The summed E-state index contributed by atoms with van der Waals surface area (Å²) in [4.78, 5) is 12.5. The second kappa shape index (κ2) is 47.8. The van der Waals surface area contributed by atoms with Crippen LogP contribution in [0.15, 0.2) is 12.2 Å². The van der Waals surface area contributed by atoms with Crippen LogP contribution >= 0.6 is 0 Å². The first kappa shape index (κ1) is 56.1. The van der Waals surface area contributed by atoms with Crippen LogP contribution in [0.3, 0.4) is 0 Å². The minimum Gasteiger partial charge on any atom is -0.394 e. The molecular formula is C52H103NO4. The molecule has 340 valence electrons. The number of nitrogens with one attached hydrogen (secondary N) is 1. The van der Waals surface area contributed by atoms with Crippen molar-refractivity contribution in [2.45, 2.75) is 308 Å². The number of carbonyl (C=O) groups is 1. The van der Waals surface area contributed by atoms with Crippen molar-refractivity contribution in [3.05, 3.63) is 12.2 Å². The molecule has 0 aromatic rings. The number of hydrogen-bond donors (Lipinski definition) is 4. The maximum absolute atomic E-state index is 12.5. The lowest BCUT2D eigenvalue weighted by atomic mass is 10.0. The van der Waals surface area contributed by atoms with Gasteiger partial charge in [-0.1, -0.05) is 257 Å². The number of hydrogen-bond acceptors (Lipinski definition) is 4. The number of rotatable bonds is 48. The number of aliphatic hydroxyl groups excluding tert-OH is 3. The average Bonchev–Trinajstić information content (AvgIpc) is 3.20. The molecule has 0 fully saturated rings. The van der Waals surface area contributed by atoms with Gasteiger partial charge in [-0.2, -0.15) is 0 Å². The van der Waals surface area contributed by atoms with E-state index in [1.54, 1.807) is 0 Å². The Hall–Kier alpha value is -0.910. The zero-order valence-corrected chi connectivity index (χ0v) is 38.7. The zero-order chi connectivity index (χ0) is 41.5. The van der Waals surface area contributed by atoms with Crippen LogP contribution in [0, 0.1) is 0 Å². The van der Waals surface area contributed by atoms with Crippen molar-refractivity contribution in [1.82, 2.24) is 5.32 Å². The smallest absolute Gasteiger partial charge is 0.222 e. The van der Waals surface area contributed by atoms with Gasteiger partial charge in [-0.15, -0.1) is 0 Å². The van der Waals surface area contributed by atoms with Crippen molar-refractivity contribution >= 4 is 5.91 Å². The van der Waals surface area contributed by atoms with E-state index in [0.717, 1.165) is 25.7 Å². The first-order chi connectivity index (χ1) is 28.0. The lowest BCUT2D eigenvalue weighted by Gasteiger charge is -2.23. The summed E-state index contributed by atoms with van der Waals surface area (Å²) in [7, 11) is 0. The summed E-state index contributed by atoms with van der Waals surface area (Å²) in [6, 6.07) is -0.658. The predicted octanol–water partition coefficient (Wildman–Crippen LogP) is 15.6. The lowest BCUT2D eigenvalue weighted by Crippen LogP contribution is -2.46. The van der Waals surface area contributed by atoms with Gasteiger partial charge >= 0.3 is 0 Å². The van der Waals surface area contributed by atoms with Crippen molar-refractivity contribution in [2.24, 2.45) is 0 Å². The number of aliphatic hydroxyl groups is 3. The lowest BCUT2D eigenvalue weighted by molar-refractivity contribution is -0.125. The molecule has 57 heavy (non-hydrogen) atoms. The molecule has 0 saturated heterocycles. The van der Waals surface area contributed by atoms with Crippen LogP contribution in [0.5, 0.6) is 0 Å². The minimum atomic E-state index is -0.749. The van der Waals surface area contributed by atoms with E-state index in [-0.39, 0.29) is 18.9 Å². The van der Waals surface area contributed by atoms with Gasteiger partial charge in [-0.3, -0.25) is 4.79 Å². The normalized spacial score (nSPS) is 13.4. The highest BCUT2D eigenvalue weighted by molar-refractivity contribution is 5.76. The molecule has 0 aromatic heterocycles. The SMILES string of the molecule is CCCCCCCCCCCCCC/C=C\CCCCCCCCC(O)CC(=O)NC(CO)C(O)CCCCCCCCCCCCCCCCCCCCCC. The molecular weight excluding hydrogens is 703 g/mol. The molecule has 0 aliphatic rings. The van der Waals surface area contributed by atoms with E-state index < -0.39 is 18.2 Å². The van der Waals surface area contributed by atoms with Crippen LogP contribution < -0.4 is 5.32 Å². The molecule has 1 amide bonds. The van der Waals surface area contributed by atoms with Crippen molar-refractivity contribution in [2.75, 3.05) is 6.61 Å². The molecule has 0 aromatic carbocycles. The van der Waals surface area contributed by atoms with Crippen molar-refractivity contribution in [1.29, 1.82) is 0 Å². The van der Waals surface area contributed by atoms with E-state index in [2.05, 4.69) is 31.3 Å². The van der Waals surface area contributed by atoms with Crippen LogP contribution in [-0.2, 0) is 4.79 Å². The second-order valence-corrected chi connectivity index (χ2v) is 18.1. The molecule has 0 bridgehead atoms. The summed E-state index contributed by atoms with van der Waals surface area (Å²) >= 11 is 0.